The number of carbonyl (C=O) groups excluding carboxylic acids is 1. The van der Waals surface area contributed by atoms with Gasteiger partial charge in [-0.15, -0.1) is 5.10 Å². The predicted octanol–water partition coefficient (Wildman–Crippen LogP) is 1.85. The summed E-state index contributed by atoms with van der Waals surface area (Å²) in [7, 11) is 0. The molecule has 0 radical (unpaired) electrons. The fourth-order valence-corrected chi connectivity index (χ4v) is 5.34. The average molecular weight is 529 g/mol. The zero-order valence-electron chi connectivity index (χ0n) is 22.4. The van der Waals surface area contributed by atoms with Gasteiger partial charge in [0.15, 0.2) is 11.2 Å². The van der Waals surface area contributed by atoms with Crippen LogP contribution in [0, 0.1) is 0 Å². The lowest BCUT2D eigenvalue weighted by Gasteiger charge is -2.34. The van der Waals surface area contributed by atoms with Crippen LogP contribution in [-0.4, -0.2) is 96.3 Å². The Bertz CT molecular complexity index is 1390. The fourth-order valence-electron chi connectivity index (χ4n) is 5.34. The van der Waals surface area contributed by atoms with Crippen molar-refractivity contribution in [2.45, 2.75) is 45.1 Å². The molecule has 1 saturated heterocycles. The Balaban J connectivity index is 1.18. The van der Waals surface area contributed by atoms with Gasteiger partial charge in [-0.25, -0.2) is 9.97 Å². The van der Waals surface area contributed by atoms with Crippen molar-refractivity contribution in [2.24, 2.45) is 0 Å². The molecule has 5 aliphatic rings. The molecule has 9 rings (SSSR count). The lowest BCUT2D eigenvalue weighted by Crippen LogP contribution is -2.47. The number of benzene rings is 1. The number of rotatable bonds is 0. The van der Waals surface area contributed by atoms with Gasteiger partial charge < -0.3 is 10.2 Å². The number of nitrogens with zero attached hydrogens (tertiary/aromatic N) is 9. The van der Waals surface area contributed by atoms with Gasteiger partial charge in [0.05, 0.1) is 24.6 Å². The van der Waals surface area contributed by atoms with Gasteiger partial charge in [0.1, 0.15) is 5.82 Å². The lowest BCUT2D eigenvalue weighted by atomic mass is 10.1. The first-order valence-electron chi connectivity index (χ1n) is 14.1. The summed E-state index contributed by atoms with van der Waals surface area (Å²) >= 11 is 0. The van der Waals surface area contributed by atoms with E-state index in [1.165, 1.54) is 5.56 Å². The number of aryl methyl sites for hydroxylation is 1. The molecule has 1 N–H and O–H groups in total. The average Bonchev–Trinajstić information content (AvgIpc) is 3.59. The second kappa shape index (κ2) is 12.0. The Kier molecular flexibility index (Phi) is 7.87. The molecule has 11 heteroatoms. The normalized spacial score (nSPS) is 21.7. The molecule has 0 spiro atoms. The molecule has 8 bridgehead atoms. The summed E-state index contributed by atoms with van der Waals surface area (Å²) in [5.41, 5.74) is 4.61. The third-order valence-corrected chi connectivity index (χ3v) is 7.68. The minimum atomic E-state index is 0.161. The molecule has 0 atom stereocenters. The second-order valence-corrected chi connectivity index (χ2v) is 10.5. The van der Waals surface area contributed by atoms with Crippen LogP contribution in [0.4, 0.5) is 0 Å². The van der Waals surface area contributed by atoms with Crippen LogP contribution in [0.3, 0.4) is 0 Å². The van der Waals surface area contributed by atoms with Crippen molar-refractivity contribution >= 4 is 17.1 Å². The van der Waals surface area contributed by atoms with E-state index in [9.17, 15) is 4.79 Å². The molecule has 39 heavy (non-hydrogen) atoms. The first kappa shape index (κ1) is 25.6. The summed E-state index contributed by atoms with van der Waals surface area (Å²) in [6.45, 7) is 7.92. The van der Waals surface area contributed by atoms with Crippen LogP contribution < -0.4 is 5.32 Å². The quantitative estimate of drug-likeness (QED) is 0.368. The van der Waals surface area contributed by atoms with Crippen molar-refractivity contribution in [1.82, 2.24) is 49.9 Å². The van der Waals surface area contributed by atoms with Crippen LogP contribution in [0.5, 0.6) is 0 Å². The number of carbonyl (C=O) groups is 1. The molecule has 0 unspecified atom stereocenters. The van der Waals surface area contributed by atoms with Crippen LogP contribution in [0.15, 0.2) is 42.9 Å². The number of hydrogen-bond donors (Lipinski definition) is 1. The summed E-state index contributed by atoms with van der Waals surface area (Å²) in [4.78, 5) is 26.6. The number of hydrogen-bond acceptors (Lipinski definition) is 8. The molecule has 0 saturated carbocycles. The molecule has 1 amide bonds. The molecule has 1 aromatic carbocycles. The van der Waals surface area contributed by atoms with E-state index in [0.29, 0.717) is 24.0 Å². The van der Waals surface area contributed by atoms with Crippen LogP contribution >= 0.6 is 0 Å². The third kappa shape index (κ3) is 6.48. The molecule has 4 aromatic rings. The van der Waals surface area contributed by atoms with Gasteiger partial charge in [-0.05, 0) is 55.5 Å². The van der Waals surface area contributed by atoms with Crippen LogP contribution in [0.1, 0.15) is 42.6 Å². The van der Waals surface area contributed by atoms with Gasteiger partial charge >= 0.3 is 0 Å². The standard InChI is InChI=1S/C28H36N10O/c39-27-5-2-1-4-22-6-8-24(9-7-22)38-28-25(33-34-38)20-30-26(32-28)18-23-19-31-37(21-23)17-16-36-14-12-35(13-15-36)11-3-10-29-27/h6-9,19-21H,1-5,10-18H2,(H,29,39). The Labute approximate surface area is 228 Å². The summed E-state index contributed by atoms with van der Waals surface area (Å²) in [5.74, 6) is 0.883. The first-order chi connectivity index (χ1) is 19.2. The lowest BCUT2D eigenvalue weighted by molar-refractivity contribution is -0.121. The van der Waals surface area contributed by atoms with E-state index in [1.54, 1.807) is 10.9 Å². The van der Waals surface area contributed by atoms with Gasteiger partial charge in [-0.2, -0.15) is 9.78 Å². The third-order valence-electron chi connectivity index (χ3n) is 7.68. The van der Waals surface area contributed by atoms with Gasteiger partial charge in [-0.3, -0.25) is 14.4 Å². The van der Waals surface area contributed by atoms with Crippen molar-refractivity contribution in [2.75, 3.05) is 45.8 Å². The highest BCUT2D eigenvalue weighted by Gasteiger charge is 2.17. The maximum atomic E-state index is 12.3. The van der Waals surface area contributed by atoms with E-state index in [2.05, 4.69) is 53.8 Å². The highest BCUT2D eigenvalue weighted by molar-refractivity contribution is 5.75. The topological polar surface area (TPSA) is 110 Å². The van der Waals surface area contributed by atoms with Crippen molar-refractivity contribution in [3.8, 4) is 5.69 Å². The van der Waals surface area contributed by atoms with Gasteiger partial charge in [0.25, 0.3) is 0 Å². The van der Waals surface area contributed by atoms with Crippen molar-refractivity contribution in [1.29, 1.82) is 0 Å². The monoisotopic (exact) mass is 528 g/mol. The molecule has 5 aliphatic heterocycles. The number of amides is 1. The molecule has 11 nitrogen and oxygen atoms in total. The Hall–Kier alpha value is -3.70. The largest absolute Gasteiger partial charge is 0.356 e. The van der Waals surface area contributed by atoms with Gasteiger partial charge in [0, 0.05) is 58.3 Å². The SMILES string of the molecule is O=C1CCCCc2ccc(cc2)-n2nnc3cnc(nc32)Cc2cnn(c2)CCN2CCN(CCCN1)CC2. The van der Waals surface area contributed by atoms with E-state index in [-0.39, 0.29) is 5.91 Å². The molecular weight excluding hydrogens is 492 g/mol. The summed E-state index contributed by atoms with van der Waals surface area (Å²) in [6.07, 6.45) is 10.8. The predicted molar refractivity (Wildman–Crippen MR) is 148 cm³/mol. The summed E-state index contributed by atoms with van der Waals surface area (Å²) in [5, 5.41) is 16.3. The Morgan fingerprint density at radius 3 is 2.41 bits per heavy atom. The van der Waals surface area contributed by atoms with Crippen LogP contribution in [0.2, 0.25) is 0 Å². The van der Waals surface area contributed by atoms with E-state index in [0.717, 1.165) is 95.1 Å². The van der Waals surface area contributed by atoms with Crippen molar-refractivity contribution < 1.29 is 4.79 Å². The minimum Gasteiger partial charge on any atom is -0.356 e. The molecule has 204 valence electrons. The smallest absolute Gasteiger partial charge is 0.219 e. The van der Waals surface area contributed by atoms with E-state index in [1.807, 2.05) is 23.0 Å². The molecular formula is C28H36N10O. The van der Waals surface area contributed by atoms with E-state index in [4.69, 9.17) is 4.98 Å². The fraction of sp³-hybridized carbons (Fsp3) is 0.500. The van der Waals surface area contributed by atoms with Gasteiger partial charge in [-0.1, -0.05) is 17.3 Å². The second-order valence-electron chi connectivity index (χ2n) is 10.5. The van der Waals surface area contributed by atoms with E-state index < -0.39 is 0 Å². The molecule has 0 aliphatic carbocycles. The Morgan fingerprint density at radius 1 is 0.795 bits per heavy atom. The molecule has 1 fully saturated rings. The van der Waals surface area contributed by atoms with Crippen molar-refractivity contribution in [3.63, 3.8) is 0 Å². The molecule has 8 heterocycles. The molecule has 3 aromatic heterocycles. The summed E-state index contributed by atoms with van der Waals surface area (Å²) in [6, 6.07) is 8.33. The first-order valence-corrected chi connectivity index (χ1v) is 14.1. The van der Waals surface area contributed by atoms with E-state index >= 15 is 0 Å². The van der Waals surface area contributed by atoms with Gasteiger partial charge in [0.2, 0.25) is 5.91 Å². The maximum absolute atomic E-state index is 12.3. The Morgan fingerprint density at radius 2 is 1.56 bits per heavy atom. The van der Waals surface area contributed by atoms with Crippen LogP contribution in [-0.2, 0) is 24.2 Å². The number of piperazine rings is 1. The maximum Gasteiger partial charge on any atom is 0.219 e. The highest BCUT2D eigenvalue weighted by Crippen LogP contribution is 2.17. The zero-order valence-corrected chi connectivity index (χ0v) is 22.4. The zero-order chi connectivity index (χ0) is 26.4. The van der Waals surface area contributed by atoms with Crippen LogP contribution in [0.25, 0.3) is 16.9 Å². The number of nitrogens with one attached hydrogen (secondary N) is 1. The van der Waals surface area contributed by atoms with Crippen molar-refractivity contribution in [3.05, 3.63) is 59.8 Å². The summed E-state index contributed by atoms with van der Waals surface area (Å²) < 4.78 is 3.79. The minimum absolute atomic E-state index is 0.161. The number of aromatic nitrogens is 7. The highest BCUT2D eigenvalue weighted by atomic mass is 16.1.